The maximum Gasteiger partial charge on any atom is 0.460 e. The van der Waals surface area contributed by atoms with Gasteiger partial charge in [-0.3, -0.25) is 0 Å². The van der Waals surface area contributed by atoms with Crippen LogP contribution in [0.5, 0.6) is 5.75 Å². The zero-order valence-corrected chi connectivity index (χ0v) is 31.1. The molecule has 0 amide bonds. The van der Waals surface area contributed by atoms with Gasteiger partial charge in [-0.05, 0) is 31.2 Å². The third-order valence-corrected chi connectivity index (χ3v) is 8.40. The van der Waals surface area contributed by atoms with Gasteiger partial charge in [0.1, 0.15) is 12.8 Å². The van der Waals surface area contributed by atoms with Crippen molar-refractivity contribution >= 4 is 0 Å². The molecule has 2 aromatic rings. The molecule has 6 nitrogen and oxygen atoms in total. The number of hydrogen-bond donors (Lipinski definition) is 0. The van der Waals surface area contributed by atoms with E-state index in [0.717, 1.165) is 49.7 Å². The Kier molecular flexibility index (Phi) is 19.3. The fourth-order valence-electron chi connectivity index (χ4n) is 5.15. The Morgan fingerprint density at radius 1 is 0.586 bits per heavy atom. The lowest BCUT2D eigenvalue weighted by molar-refractivity contribution is -0.543. The molecule has 58 heavy (non-hydrogen) atoms. The number of alkyl halides is 16. The first kappa shape index (κ1) is 51.0. The topological polar surface area (TPSA) is 62.7 Å². The van der Waals surface area contributed by atoms with Crippen LogP contribution in [-0.2, 0) is 20.6 Å². The fourth-order valence-corrected chi connectivity index (χ4v) is 5.15. The zero-order chi connectivity index (χ0) is 43.9. The molecule has 0 aliphatic heterocycles. The molecule has 1 heterocycles. The van der Waals surface area contributed by atoms with Gasteiger partial charge in [0.2, 0.25) is 0 Å². The molecule has 2 rings (SSSR count). The van der Waals surface area contributed by atoms with E-state index in [2.05, 4.69) is 26.4 Å². The Hall–Kier alpha value is -3.14. The normalized spacial score (nSPS) is 14.2. The number of aromatic nitrogens is 2. The van der Waals surface area contributed by atoms with Crippen molar-refractivity contribution in [3.8, 4) is 17.1 Å². The van der Waals surface area contributed by atoms with Crippen LogP contribution in [0.1, 0.15) is 96.0 Å². The van der Waals surface area contributed by atoms with Crippen molar-refractivity contribution in [3.63, 3.8) is 0 Å². The van der Waals surface area contributed by atoms with Crippen molar-refractivity contribution in [2.45, 2.75) is 145 Å². The van der Waals surface area contributed by atoms with Crippen LogP contribution in [0.4, 0.5) is 70.2 Å². The van der Waals surface area contributed by atoms with Crippen LogP contribution < -0.4 is 4.74 Å². The molecule has 0 spiro atoms. The van der Waals surface area contributed by atoms with Crippen LogP contribution in [0, 0.1) is 0 Å². The largest absolute Gasteiger partial charge is 0.490 e. The van der Waals surface area contributed by atoms with Crippen molar-refractivity contribution in [2.24, 2.45) is 0 Å². The Bertz CT molecular complexity index is 1460. The summed E-state index contributed by atoms with van der Waals surface area (Å²) in [4.78, 5) is 8.76. The lowest BCUT2D eigenvalue weighted by Gasteiger charge is -2.36. The minimum atomic E-state index is -7.94. The van der Waals surface area contributed by atoms with Gasteiger partial charge in [-0.1, -0.05) is 95.4 Å². The van der Waals surface area contributed by atoms with E-state index < -0.39 is 61.8 Å². The van der Waals surface area contributed by atoms with Gasteiger partial charge in [-0.2, -0.15) is 65.9 Å². The second kappa shape index (κ2) is 21.9. The SMILES string of the molecule is CCCCCCCCOc1cnc(-c2ccc(CCCCCCCC[C@H](F)COCC(F)(F)OC(F)(F)C(F)(F)OC(F)(F)C(F)(F)C(F)(F)C(F)(F)F)cc2)nc1. The van der Waals surface area contributed by atoms with Crippen LogP contribution in [-0.4, -0.2) is 78.4 Å². The quantitative estimate of drug-likeness (QED) is 0.0599. The number of aryl methyl sites for hydroxylation is 1. The maximum atomic E-state index is 14.0. The first-order chi connectivity index (χ1) is 26.8. The van der Waals surface area contributed by atoms with E-state index >= 15 is 0 Å². The number of halogens is 16. The monoisotopic (exact) mass is 872 g/mol. The molecule has 0 saturated carbocycles. The first-order valence-corrected chi connectivity index (χ1v) is 18.3. The molecule has 334 valence electrons. The van der Waals surface area contributed by atoms with Gasteiger partial charge >= 0.3 is 42.5 Å². The number of nitrogens with zero attached hydrogens (tertiary/aromatic N) is 2. The lowest BCUT2D eigenvalue weighted by Crippen LogP contribution is -2.64. The second-order valence-corrected chi connectivity index (χ2v) is 13.4. The Balaban J connectivity index is 1.64. The van der Waals surface area contributed by atoms with Gasteiger partial charge < -0.3 is 9.47 Å². The molecule has 0 aliphatic carbocycles. The number of unbranched alkanes of at least 4 members (excludes halogenated alkanes) is 10. The Morgan fingerprint density at radius 2 is 1.10 bits per heavy atom. The summed E-state index contributed by atoms with van der Waals surface area (Å²) in [7, 11) is 0. The zero-order valence-electron chi connectivity index (χ0n) is 31.1. The second-order valence-electron chi connectivity index (χ2n) is 13.4. The highest BCUT2D eigenvalue weighted by atomic mass is 19.4. The van der Waals surface area contributed by atoms with E-state index in [0.29, 0.717) is 31.0 Å². The molecule has 0 unspecified atom stereocenters. The predicted molar refractivity (Wildman–Crippen MR) is 176 cm³/mol. The smallest absolute Gasteiger partial charge is 0.460 e. The highest BCUT2D eigenvalue weighted by Gasteiger charge is 2.85. The van der Waals surface area contributed by atoms with Gasteiger partial charge in [0.15, 0.2) is 11.6 Å². The average Bonchev–Trinajstić information content (AvgIpc) is 3.11. The molecule has 22 heteroatoms. The van der Waals surface area contributed by atoms with Crippen LogP contribution in [0.3, 0.4) is 0 Å². The molecule has 0 radical (unpaired) electrons. The predicted octanol–water partition coefficient (Wildman–Crippen LogP) is 12.7. The van der Waals surface area contributed by atoms with Crippen LogP contribution >= 0.6 is 0 Å². The van der Waals surface area contributed by atoms with Crippen molar-refractivity contribution in [1.29, 1.82) is 0 Å². The molecule has 0 bridgehead atoms. The van der Waals surface area contributed by atoms with Crippen molar-refractivity contribution < 1.29 is 89.2 Å². The summed E-state index contributed by atoms with van der Waals surface area (Å²) in [6, 6.07) is 7.75. The van der Waals surface area contributed by atoms with E-state index in [-0.39, 0.29) is 12.8 Å². The minimum Gasteiger partial charge on any atom is -0.490 e. The van der Waals surface area contributed by atoms with E-state index in [1.54, 1.807) is 17.1 Å². The van der Waals surface area contributed by atoms with Crippen molar-refractivity contribution in [2.75, 3.05) is 19.8 Å². The molecule has 1 aromatic carbocycles. The minimum absolute atomic E-state index is 0.223. The van der Waals surface area contributed by atoms with Crippen LogP contribution in [0.25, 0.3) is 11.4 Å². The highest BCUT2D eigenvalue weighted by Crippen LogP contribution is 2.56. The number of benzene rings is 1. The van der Waals surface area contributed by atoms with Gasteiger partial charge in [0.25, 0.3) is 0 Å². The average molecular weight is 873 g/mol. The molecule has 0 N–H and O–H groups in total. The molecule has 1 aromatic heterocycles. The molecular formula is C36H44F16N2O4. The molecule has 0 fully saturated rings. The number of ether oxygens (including phenoxy) is 4. The van der Waals surface area contributed by atoms with Gasteiger partial charge in [0.05, 0.1) is 25.6 Å². The van der Waals surface area contributed by atoms with Gasteiger partial charge in [-0.25, -0.2) is 23.8 Å². The van der Waals surface area contributed by atoms with Gasteiger partial charge in [-0.15, -0.1) is 0 Å². The summed E-state index contributed by atoms with van der Waals surface area (Å²) < 4.78 is 224. The molecule has 0 aliphatic rings. The third-order valence-electron chi connectivity index (χ3n) is 8.40. The van der Waals surface area contributed by atoms with Gasteiger partial charge in [0, 0.05) is 5.56 Å². The lowest BCUT2D eigenvalue weighted by atomic mass is 10.0. The van der Waals surface area contributed by atoms with E-state index in [4.69, 9.17) is 4.74 Å². The summed E-state index contributed by atoms with van der Waals surface area (Å²) in [5, 5.41) is 0. The summed E-state index contributed by atoms with van der Waals surface area (Å²) in [6.45, 7) is -0.881. The molecular weight excluding hydrogens is 828 g/mol. The molecule has 1 atom stereocenters. The van der Waals surface area contributed by atoms with Crippen LogP contribution in [0.2, 0.25) is 0 Å². The Labute approximate surface area is 324 Å². The highest BCUT2D eigenvalue weighted by molar-refractivity contribution is 5.55. The number of rotatable bonds is 29. The summed E-state index contributed by atoms with van der Waals surface area (Å²) in [5.74, 6) is -14.6. The van der Waals surface area contributed by atoms with E-state index in [1.807, 2.05) is 24.3 Å². The summed E-state index contributed by atoms with van der Waals surface area (Å²) >= 11 is 0. The first-order valence-electron chi connectivity index (χ1n) is 18.3. The van der Waals surface area contributed by atoms with E-state index in [9.17, 15) is 70.2 Å². The standard InChI is InChI=1S/C36H44F16N2O4/c1-2-3-4-5-10-13-20-56-28-21-53-29(54-22-28)26-18-16-25(17-19-26)14-11-8-6-7-9-12-15-27(37)23-55-24-30(38,39)57-35(49,50)36(51,52)58-34(47,48)32(42,43)31(40,41)33(44,45)46/h16-19,21-22,27H,2-15,20,23-24H2,1H3/t27-/m0/s1. The summed E-state index contributed by atoms with van der Waals surface area (Å²) in [6.07, 6.45) is -22.7. The Morgan fingerprint density at radius 3 is 1.67 bits per heavy atom. The maximum absolute atomic E-state index is 14.0. The van der Waals surface area contributed by atoms with Crippen molar-refractivity contribution in [1.82, 2.24) is 9.97 Å². The number of hydrogen-bond acceptors (Lipinski definition) is 6. The summed E-state index contributed by atoms with van der Waals surface area (Å²) in [5.41, 5.74) is 1.92. The fraction of sp³-hybridized carbons (Fsp3) is 0.722. The van der Waals surface area contributed by atoms with Crippen LogP contribution in [0.15, 0.2) is 36.7 Å². The van der Waals surface area contributed by atoms with Crippen molar-refractivity contribution in [3.05, 3.63) is 42.2 Å². The molecule has 0 saturated heterocycles. The van der Waals surface area contributed by atoms with E-state index in [1.165, 1.54) is 25.7 Å². The third kappa shape index (κ3) is 15.5.